The highest BCUT2D eigenvalue weighted by atomic mass is 16.2. The maximum Gasteiger partial charge on any atom is 0.274 e. The van der Waals surface area contributed by atoms with Gasteiger partial charge in [-0.1, -0.05) is 30.3 Å². The van der Waals surface area contributed by atoms with Gasteiger partial charge in [0, 0.05) is 25.3 Å². The Morgan fingerprint density at radius 2 is 1.91 bits per heavy atom. The molecule has 122 valence electrons. The highest BCUT2D eigenvalue weighted by Gasteiger charge is 2.25. The monoisotopic (exact) mass is 311 g/mol. The minimum absolute atomic E-state index is 0.0819. The molecule has 1 aromatic heterocycles. The van der Waals surface area contributed by atoms with E-state index < -0.39 is 0 Å². The lowest BCUT2D eigenvalue weighted by atomic mass is 9.90. The fraction of sp³-hybridized carbons (Fsp3) is 0.474. The minimum Gasteiger partial charge on any atom is -0.337 e. The van der Waals surface area contributed by atoms with Gasteiger partial charge in [0.2, 0.25) is 0 Å². The number of carbonyl (C=O) groups is 1. The van der Waals surface area contributed by atoms with Crippen LogP contribution in [0.4, 0.5) is 0 Å². The Balaban J connectivity index is 1.56. The average Bonchev–Trinajstić information content (AvgIpc) is 2.97. The third-order valence-corrected chi connectivity index (χ3v) is 4.77. The maximum absolute atomic E-state index is 12.6. The fourth-order valence-corrected chi connectivity index (χ4v) is 3.38. The van der Waals surface area contributed by atoms with E-state index in [1.807, 2.05) is 29.5 Å². The van der Waals surface area contributed by atoms with Crippen LogP contribution in [-0.4, -0.2) is 33.7 Å². The number of rotatable bonds is 4. The predicted octanol–water partition coefficient (Wildman–Crippen LogP) is 3.31. The van der Waals surface area contributed by atoms with Crippen LogP contribution in [0.15, 0.2) is 36.4 Å². The van der Waals surface area contributed by atoms with Gasteiger partial charge in [-0.15, -0.1) is 0 Å². The molecule has 0 N–H and O–H groups in total. The molecule has 4 heteroatoms. The first kappa shape index (κ1) is 15.8. The summed E-state index contributed by atoms with van der Waals surface area (Å²) in [6.07, 6.45) is 3.27. The van der Waals surface area contributed by atoms with Crippen molar-refractivity contribution in [2.75, 3.05) is 13.1 Å². The number of hydrogen-bond acceptors (Lipinski definition) is 2. The lowest BCUT2D eigenvalue weighted by molar-refractivity contribution is 0.0683. The van der Waals surface area contributed by atoms with Crippen molar-refractivity contribution in [3.8, 4) is 0 Å². The molecule has 1 fully saturated rings. The molecule has 1 aliphatic heterocycles. The van der Waals surface area contributed by atoms with Crippen LogP contribution in [0, 0.1) is 12.8 Å². The zero-order chi connectivity index (χ0) is 16.2. The molecular formula is C19H25N3O. The number of carbonyl (C=O) groups excluding carboxylic acids is 1. The molecule has 23 heavy (non-hydrogen) atoms. The van der Waals surface area contributed by atoms with E-state index in [0.717, 1.165) is 44.6 Å². The van der Waals surface area contributed by atoms with Crippen LogP contribution in [0.2, 0.25) is 0 Å². The van der Waals surface area contributed by atoms with Gasteiger partial charge in [-0.3, -0.25) is 9.48 Å². The molecule has 0 spiro atoms. The number of benzene rings is 1. The van der Waals surface area contributed by atoms with Crippen LogP contribution < -0.4 is 0 Å². The first-order chi connectivity index (χ1) is 11.2. The Kier molecular flexibility index (Phi) is 4.79. The number of likely N-dealkylation sites (tertiary alicyclic amines) is 1. The second-order valence-corrected chi connectivity index (χ2v) is 6.41. The van der Waals surface area contributed by atoms with E-state index >= 15 is 0 Å². The number of aryl methyl sites for hydroxylation is 2. The summed E-state index contributed by atoms with van der Waals surface area (Å²) < 4.78 is 1.88. The molecule has 2 heterocycles. The molecule has 1 aromatic carbocycles. The quantitative estimate of drug-likeness (QED) is 0.869. The van der Waals surface area contributed by atoms with Crippen molar-refractivity contribution >= 4 is 5.91 Å². The lowest BCUT2D eigenvalue weighted by Gasteiger charge is -2.31. The van der Waals surface area contributed by atoms with Crippen molar-refractivity contribution in [2.45, 2.75) is 39.7 Å². The average molecular weight is 311 g/mol. The molecule has 3 rings (SSSR count). The third kappa shape index (κ3) is 3.63. The largest absolute Gasteiger partial charge is 0.337 e. The van der Waals surface area contributed by atoms with Crippen LogP contribution in [0.3, 0.4) is 0 Å². The van der Waals surface area contributed by atoms with E-state index in [4.69, 9.17) is 0 Å². The molecular weight excluding hydrogens is 286 g/mol. The standard InChI is InChI=1S/C19H25N3O/c1-3-22-15(2)13-18(20-22)19(23)21-11-9-17(10-12-21)14-16-7-5-4-6-8-16/h4-8,13,17H,3,9-12,14H2,1-2H3. The smallest absolute Gasteiger partial charge is 0.274 e. The highest BCUT2D eigenvalue weighted by Crippen LogP contribution is 2.22. The Labute approximate surface area is 138 Å². The van der Waals surface area contributed by atoms with Crippen molar-refractivity contribution < 1.29 is 4.79 Å². The summed E-state index contributed by atoms with van der Waals surface area (Å²) in [5, 5.41) is 4.42. The minimum atomic E-state index is 0.0819. The second kappa shape index (κ2) is 6.99. The summed E-state index contributed by atoms with van der Waals surface area (Å²) in [5.41, 5.74) is 3.04. The van der Waals surface area contributed by atoms with Crippen molar-refractivity contribution in [3.05, 3.63) is 53.3 Å². The normalized spacial score (nSPS) is 15.8. The zero-order valence-electron chi connectivity index (χ0n) is 14.0. The molecule has 0 aliphatic carbocycles. The second-order valence-electron chi connectivity index (χ2n) is 6.41. The fourth-order valence-electron chi connectivity index (χ4n) is 3.38. The van der Waals surface area contributed by atoms with E-state index in [9.17, 15) is 4.79 Å². The molecule has 1 aliphatic rings. The van der Waals surface area contributed by atoms with E-state index in [-0.39, 0.29) is 5.91 Å². The van der Waals surface area contributed by atoms with E-state index in [0.29, 0.717) is 11.6 Å². The Morgan fingerprint density at radius 1 is 1.22 bits per heavy atom. The number of piperidine rings is 1. The van der Waals surface area contributed by atoms with Crippen LogP contribution in [0.25, 0.3) is 0 Å². The van der Waals surface area contributed by atoms with Crippen molar-refractivity contribution in [1.29, 1.82) is 0 Å². The van der Waals surface area contributed by atoms with Crippen molar-refractivity contribution in [1.82, 2.24) is 14.7 Å². The summed E-state index contributed by atoms with van der Waals surface area (Å²) in [5.74, 6) is 0.759. The van der Waals surface area contributed by atoms with Gasteiger partial charge in [-0.25, -0.2) is 0 Å². The predicted molar refractivity (Wildman–Crippen MR) is 91.4 cm³/mol. The first-order valence-electron chi connectivity index (χ1n) is 8.55. The SMILES string of the molecule is CCn1nc(C(=O)N2CCC(Cc3ccccc3)CC2)cc1C. The van der Waals surface area contributed by atoms with Crippen LogP contribution in [-0.2, 0) is 13.0 Å². The van der Waals surface area contributed by atoms with E-state index in [1.165, 1.54) is 5.56 Å². The van der Waals surface area contributed by atoms with Gasteiger partial charge in [0.15, 0.2) is 5.69 Å². The molecule has 0 radical (unpaired) electrons. The summed E-state index contributed by atoms with van der Waals surface area (Å²) >= 11 is 0. The van der Waals surface area contributed by atoms with Crippen molar-refractivity contribution in [2.24, 2.45) is 5.92 Å². The summed E-state index contributed by atoms with van der Waals surface area (Å²) in [6.45, 7) is 6.53. The topological polar surface area (TPSA) is 38.1 Å². The first-order valence-corrected chi connectivity index (χ1v) is 8.55. The Morgan fingerprint density at radius 3 is 2.52 bits per heavy atom. The molecule has 1 saturated heterocycles. The number of amides is 1. The molecule has 4 nitrogen and oxygen atoms in total. The molecule has 2 aromatic rings. The highest BCUT2D eigenvalue weighted by molar-refractivity contribution is 5.92. The van der Waals surface area contributed by atoms with Gasteiger partial charge in [-0.05, 0) is 50.7 Å². The van der Waals surface area contributed by atoms with Gasteiger partial charge in [0.05, 0.1) is 0 Å². The summed E-state index contributed by atoms with van der Waals surface area (Å²) in [6, 6.07) is 12.5. The van der Waals surface area contributed by atoms with E-state index in [2.05, 4.69) is 35.4 Å². The van der Waals surface area contributed by atoms with E-state index in [1.54, 1.807) is 0 Å². The summed E-state index contributed by atoms with van der Waals surface area (Å²) in [7, 11) is 0. The third-order valence-electron chi connectivity index (χ3n) is 4.77. The van der Waals surface area contributed by atoms with Gasteiger partial charge < -0.3 is 4.90 Å². The maximum atomic E-state index is 12.6. The molecule has 1 amide bonds. The summed E-state index contributed by atoms with van der Waals surface area (Å²) in [4.78, 5) is 14.6. The zero-order valence-corrected chi connectivity index (χ0v) is 14.0. The molecule has 0 atom stereocenters. The number of aromatic nitrogens is 2. The van der Waals surface area contributed by atoms with Gasteiger partial charge in [0.25, 0.3) is 5.91 Å². The van der Waals surface area contributed by atoms with Gasteiger partial charge in [0.1, 0.15) is 0 Å². The van der Waals surface area contributed by atoms with Crippen LogP contribution in [0.1, 0.15) is 41.5 Å². The number of nitrogens with zero attached hydrogens (tertiary/aromatic N) is 3. The number of hydrogen-bond donors (Lipinski definition) is 0. The van der Waals surface area contributed by atoms with Crippen molar-refractivity contribution in [3.63, 3.8) is 0 Å². The van der Waals surface area contributed by atoms with Crippen LogP contribution >= 0.6 is 0 Å². The molecule has 0 bridgehead atoms. The van der Waals surface area contributed by atoms with Crippen LogP contribution in [0.5, 0.6) is 0 Å². The Bertz CT molecular complexity index is 655. The van der Waals surface area contributed by atoms with Gasteiger partial charge in [-0.2, -0.15) is 5.10 Å². The van der Waals surface area contributed by atoms with Gasteiger partial charge >= 0.3 is 0 Å². The molecule has 0 unspecified atom stereocenters. The Hall–Kier alpha value is -2.10. The molecule has 0 saturated carbocycles. The lowest BCUT2D eigenvalue weighted by Crippen LogP contribution is -2.39.